The lowest BCUT2D eigenvalue weighted by atomic mass is 9.95. The molecule has 2 rings (SSSR count). The summed E-state index contributed by atoms with van der Waals surface area (Å²) in [6.07, 6.45) is 11.4. The molecule has 1 fully saturated rings. The summed E-state index contributed by atoms with van der Waals surface area (Å²) in [4.78, 5) is 0. The molecule has 1 aliphatic heterocycles. The molecule has 1 heterocycles. The summed E-state index contributed by atoms with van der Waals surface area (Å²) >= 11 is 0. The van der Waals surface area contributed by atoms with Crippen LogP contribution in [-0.4, -0.2) is 18.0 Å². The van der Waals surface area contributed by atoms with Crippen LogP contribution in [0.2, 0.25) is 0 Å². The van der Waals surface area contributed by atoms with E-state index >= 15 is 0 Å². The van der Waals surface area contributed by atoms with Gasteiger partial charge in [-0.25, -0.2) is 0 Å². The normalized spacial score (nSPS) is 38.4. The van der Waals surface area contributed by atoms with Crippen molar-refractivity contribution < 1.29 is 9.47 Å². The molecule has 1 aliphatic carbocycles. The van der Waals surface area contributed by atoms with Crippen LogP contribution < -0.4 is 0 Å². The Kier molecular flexibility index (Phi) is 2.50. The molecule has 2 nitrogen and oxygen atoms in total. The van der Waals surface area contributed by atoms with E-state index in [2.05, 4.69) is 19.9 Å². The summed E-state index contributed by atoms with van der Waals surface area (Å²) in [6.45, 7) is 5.09. The summed E-state index contributed by atoms with van der Waals surface area (Å²) in [5, 5.41) is 0. The second-order valence-electron chi connectivity index (χ2n) is 3.93. The topological polar surface area (TPSA) is 21.8 Å². The van der Waals surface area contributed by atoms with Crippen LogP contribution in [0.4, 0.5) is 0 Å². The van der Waals surface area contributed by atoms with E-state index in [0.29, 0.717) is 0 Å². The summed E-state index contributed by atoms with van der Waals surface area (Å²) in [6, 6.07) is 0. The van der Waals surface area contributed by atoms with Crippen LogP contribution in [-0.2, 0) is 9.47 Å². The van der Waals surface area contributed by atoms with Gasteiger partial charge in [0.15, 0.2) is 0 Å². The zero-order valence-corrected chi connectivity index (χ0v) is 8.95. The standard InChI is InChI=1S/C12H18O2/c1-3-5-10-13-12-9-7-6-8-11(12,4-2)14-12/h6-9H,3-5,10H2,1-2H3. The fourth-order valence-electron chi connectivity index (χ4n) is 1.97. The van der Waals surface area contributed by atoms with Gasteiger partial charge in [0.25, 0.3) is 0 Å². The molecule has 2 unspecified atom stereocenters. The molecule has 2 atom stereocenters. The van der Waals surface area contributed by atoms with Crippen molar-refractivity contribution in [2.45, 2.75) is 44.5 Å². The summed E-state index contributed by atoms with van der Waals surface area (Å²) in [5.41, 5.74) is -0.157. The Morgan fingerprint density at radius 1 is 1.21 bits per heavy atom. The molecule has 0 N–H and O–H groups in total. The highest BCUT2D eigenvalue weighted by atomic mass is 16.8. The van der Waals surface area contributed by atoms with E-state index in [1.165, 1.54) is 0 Å². The van der Waals surface area contributed by atoms with Gasteiger partial charge < -0.3 is 9.47 Å². The lowest BCUT2D eigenvalue weighted by Crippen LogP contribution is -2.27. The minimum absolute atomic E-state index is 0.157. The minimum Gasteiger partial charge on any atom is -0.344 e. The van der Waals surface area contributed by atoms with Crippen LogP contribution in [0.25, 0.3) is 0 Å². The van der Waals surface area contributed by atoms with Gasteiger partial charge in [0.2, 0.25) is 5.79 Å². The number of epoxide rings is 1. The van der Waals surface area contributed by atoms with Crippen LogP contribution in [0, 0.1) is 0 Å². The minimum atomic E-state index is -0.425. The van der Waals surface area contributed by atoms with Gasteiger partial charge in [0, 0.05) is 0 Å². The highest BCUT2D eigenvalue weighted by Gasteiger charge is 2.68. The second-order valence-corrected chi connectivity index (χ2v) is 3.93. The number of unbranched alkanes of at least 4 members (excludes halogenated alkanes) is 1. The third-order valence-corrected chi connectivity index (χ3v) is 3.01. The molecule has 0 aromatic rings. The maximum atomic E-state index is 5.82. The number of fused-ring (bicyclic) bond motifs is 1. The maximum Gasteiger partial charge on any atom is 0.223 e. The van der Waals surface area contributed by atoms with Crippen molar-refractivity contribution in [2.24, 2.45) is 0 Å². The van der Waals surface area contributed by atoms with Crippen molar-refractivity contribution >= 4 is 0 Å². The van der Waals surface area contributed by atoms with E-state index in [0.717, 1.165) is 25.9 Å². The first kappa shape index (κ1) is 9.94. The van der Waals surface area contributed by atoms with E-state index in [1.807, 2.05) is 18.2 Å². The molecule has 14 heavy (non-hydrogen) atoms. The Morgan fingerprint density at radius 3 is 2.71 bits per heavy atom. The zero-order chi connectivity index (χ0) is 10.1. The van der Waals surface area contributed by atoms with Gasteiger partial charge in [-0.2, -0.15) is 0 Å². The molecular weight excluding hydrogens is 176 g/mol. The molecule has 2 heteroatoms. The molecule has 0 amide bonds. The molecule has 0 radical (unpaired) electrons. The SMILES string of the molecule is CCCCOC12C=CC=CC1(CC)O2. The predicted molar refractivity (Wildman–Crippen MR) is 56.0 cm³/mol. The van der Waals surface area contributed by atoms with Gasteiger partial charge in [0.05, 0.1) is 6.61 Å². The second kappa shape index (κ2) is 3.52. The third kappa shape index (κ3) is 1.33. The monoisotopic (exact) mass is 194 g/mol. The van der Waals surface area contributed by atoms with Crippen molar-refractivity contribution in [3.8, 4) is 0 Å². The van der Waals surface area contributed by atoms with Crippen molar-refractivity contribution in [1.82, 2.24) is 0 Å². The Hall–Kier alpha value is -0.600. The highest BCUT2D eigenvalue weighted by Crippen LogP contribution is 2.55. The molecule has 2 aliphatic rings. The fourth-order valence-corrected chi connectivity index (χ4v) is 1.97. The van der Waals surface area contributed by atoms with Crippen molar-refractivity contribution in [2.75, 3.05) is 6.61 Å². The van der Waals surface area contributed by atoms with Crippen LogP contribution in [0.3, 0.4) is 0 Å². The molecule has 78 valence electrons. The van der Waals surface area contributed by atoms with Crippen LogP contribution in [0.15, 0.2) is 24.3 Å². The van der Waals surface area contributed by atoms with Crippen LogP contribution in [0.5, 0.6) is 0 Å². The van der Waals surface area contributed by atoms with E-state index in [4.69, 9.17) is 9.47 Å². The van der Waals surface area contributed by atoms with Crippen LogP contribution in [0.1, 0.15) is 33.1 Å². The maximum absolute atomic E-state index is 5.82. The number of hydrogen-bond acceptors (Lipinski definition) is 2. The van der Waals surface area contributed by atoms with Crippen molar-refractivity contribution in [1.29, 1.82) is 0 Å². The average molecular weight is 194 g/mol. The lowest BCUT2D eigenvalue weighted by Gasteiger charge is -2.15. The Bertz CT molecular complexity index is 269. The van der Waals surface area contributed by atoms with Gasteiger partial charge in [-0.05, 0) is 25.0 Å². The number of hydrogen-bond donors (Lipinski definition) is 0. The van der Waals surface area contributed by atoms with Gasteiger partial charge in [-0.1, -0.05) is 32.4 Å². The summed E-state index contributed by atoms with van der Waals surface area (Å²) in [7, 11) is 0. The first-order chi connectivity index (χ1) is 6.79. The Morgan fingerprint density at radius 2 is 2.00 bits per heavy atom. The Balaban J connectivity index is 1.97. The molecule has 0 spiro atoms. The highest BCUT2D eigenvalue weighted by molar-refractivity contribution is 5.35. The summed E-state index contributed by atoms with van der Waals surface area (Å²) in [5.74, 6) is -0.425. The van der Waals surface area contributed by atoms with Gasteiger partial charge in [0.1, 0.15) is 5.60 Å². The summed E-state index contributed by atoms with van der Waals surface area (Å²) < 4.78 is 11.6. The quantitative estimate of drug-likeness (QED) is 0.496. The molecular formula is C12H18O2. The van der Waals surface area contributed by atoms with E-state index in [9.17, 15) is 0 Å². The van der Waals surface area contributed by atoms with Gasteiger partial charge in [-0.3, -0.25) is 0 Å². The first-order valence-corrected chi connectivity index (χ1v) is 5.50. The van der Waals surface area contributed by atoms with Crippen LogP contribution >= 0.6 is 0 Å². The fraction of sp³-hybridized carbons (Fsp3) is 0.667. The van der Waals surface area contributed by atoms with E-state index < -0.39 is 5.79 Å². The molecule has 0 aromatic heterocycles. The number of rotatable bonds is 5. The Labute approximate surface area is 85.6 Å². The molecule has 1 saturated heterocycles. The molecule has 0 bridgehead atoms. The molecule has 0 saturated carbocycles. The number of allylic oxidation sites excluding steroid dienone is 2. The lowest BCUT2D eigenvalue weighted by molar-refractivity contribution is -0.00975. The van der Waals surface area contributed by atoms with Crippen molar-refractivity contribution in [3.05, 3.63) is 24.3 Å². The van der Waals surface area contributed by atoms with E-state index in [1.54, 1.807) is 0 Å². The predicted octanol–water partition coefficient (Wildman–Crippen LogP) is 2.80. The first-order valence-electron chi connectivity index (χ1n) is 5.50. The van der Waals surface area contributed by atoms with E-state index in [-0.39, 0.29) is 5.60 Å². The largest absolute Gasteiger partial charge is 0.344 e. The molecule has 0 aromatic carbocycles. The van der Waals surface area contributed by atoms with Gasteiger partial charge >= 0.3 is 0 Å². The van der Waals surface area contributed by atoms with Crippen molar-refractivity contribution in [3.63, 3.8) is 0 Å². The van der Waals surface area contributed by atoms with Gasteiger partial charge in [-0.15, -0.1) is 0 Å². The third-order valence-electron chi connectivity index (χ3n) is 3.01. The smallest absolute Gasteiger partial charge is 0.223 e. The average Bonchev–Trinajstić information content (AvgIpc) is 2.88. The zero-order valence-electron chi connectivity index (χ0n) is 8.95. The number of ether oxygens (including phenoxy) is 2.